The first-order valence-electron chi connectivity index (χ1n) is 6.68. The van der Waals surface area contributed by atoms with E-state index >= 15 is 0 Å². The van der Waals surface area contributed by atoms with Crippen molar-refractivity contribution in [3.05, 3.63) is 29.6 Å². The maximum atomic E-state index is 12.1. The Bertz CT molecular complexity index is 450. The van der Waals surface area contributed by atoms with Crippen molar-refractivity contribution in [2.75, 3.05) is 0 Å². The summed E-state index contributed by atoms with van der Waals surface area (Å²) < 4.78 is 0. The molecule has 104 valence electrons. The summed E-state index contributed by atoms with van der Waals surface area (Å²) in [4.78, 5) is 16.1. The lowest BCUT2D eigenvalue weighted by molar-refractivity contribution is -0.127. The van der Waals surface area contributed by atoms with E-state index in [1.54, 1.807) is 12.4 Å². The van der Waals surface area contributed by atoms with E-state index in [9.17, 15) is 9.90 Å². The molecular weight excluding hydrogens is 242 g/mol. The molecule has 1 aromatic rings. The summed E-state index contributed by atoms with van der Waals surface area (Å²) in [7, 11) is 0. The lowest BCUT2D eigenvalue weighted by Crippen LogP contribution is -2.44. The number of pyridine rings is 1. The average molecular weight is 263 g/mol. The molecule has 5 heteroatoms. The normalized spacial score (nSPS) is 27.0. The number of carbonyl (C=O) groups is 1. The molecule has 1 heterocycles. The highest BCUT2D eigenvalue weighted by atomic mass is 16.3. The second-order valence-corrected chi connectivity index (χ2v) is 5.26. The number of aryl methyl sites for hydroxylation is 1. The maximum absolute atomic E-state index is 12.1. The number of aliphatic hydroxyl groups is 1. The quantitative estimate of drug-likeness (QED) is 0.740. The van der Waals surface area contributed by atoms with E-state index in [-0.39, 0.29) is 17.9 Å². The van der Waals surface area contributed by atoms with E-state index in [1.807, 2.05) is 13.0 Å². The number of carbonyl (C=O) groups excluding carboxylic acids is 1. The molecule has 0 aromatic carbocycles. The second kappa shape index (κ2) is 6.12. The van der Waals surface area contributed by atoms with E-state index < -0.39 is 6.10 Å². The third-order valence-electron chi connectivity index (χ3n) is 3.83. The highest BCUT2D eigenvalue weighted by molar-refractivity contribution is 5.78. The molecule has 3 atom stereocenters. The van der Waals surface area contributed by atoms with Gasteiger partial charge in [0.2, 0.25) is 5.91 Å². The molecule has 0 radical (unpaired) electrons. The van der Waals surface area contributed by atoms with Gasteiger partial charge >= 0.3 is 0 Å². The van der Waals surface area contributed by atoms with Gasteiger partial charge in [-0.1, -0.05) is 0 Å². The summed E-state index contributed by atoms with van der Waals surface area (Å²) in [6, 6.07) is 1.72. The van der Waals surface area contributed by atoms with Gasteiger partial charge < -0.3 is 16.2 Å². The van der Waals surface area contributed by atoms with E-state index in [0.29, 0.717) is 19.4 Å². The number of hydrogen-bond donors (Lipinski definition) is 3. The molecule has 2 rings (SSSR count). The predicted octanol–water partition coefficient (Wildman–Crippen LogP) is 0.495. The van der Waals surface area contributed by atoms with Crippen LogP contribution in [0, 0.1) is 12.8 Å². The van der Waals surface area contributed by atoms with Crippen molar-refractivity contribution < 1.29 is 9.90 Å². The molecule has 0 aliphatic heterocycles. The largest absolute Gasteiger partial charge is 0.391 e. The van der Waals surface area contributed by atoms with E-state index in [4.69, 9.17) is 5.73 Å². The fourth-order valence-electron chi connectivity index (χ4n) is 2.44. The van der Waals surface area contributed by atoms with Gasteiger partial charge in [0.05, 0.1) is 6.10 Å². The lowest BCUT2D eigenvalue weighted by atomic mass is 9.84. The fourth-order valence-corrected chi connectivity index (χ4v) is 2.44. The van der Waals surface area contributed by atoms with Crippen molar-refractivity contribution in [1.82, 2.24) is 10.3 Å². The van der Waals surface area contributed by atoms with Gasteiger partial charge in [-0.2, -0.15) is 0 Å². The summed E-state index contributed by atoms with van der Waals surface area (Å²) >= 11 is 0. The first-order chi connectivity index (χ1) is 9.08. The number of aromatic nitrogens is 1. The van der Waals surface area contributed by atoms with Gasteiger partial charge in [-0.3, -0.25) is 9.78 Å². The van der Waals surface area contributed by atoms with Crippen LogP contribution in [-0.2, 0) is 11.3 Å². The fraction of sp³-hybridized carbons (Fsp3) is 0.571. The number of nitrogens with zero attached hydrogens (tertiary/aromatic N) is 1. The minimum atomic E-state index is -0.563. The summed E-state index contributed by atoms with van der Waals surface area (Å²) in [6.45, 7) is 2.48. The third-order valence-corrected chi connectivity index (χ3v) is 3.83. The second-order valence-electron chi connectivity index (χ2n) is 5.26. The predicted molar refractivity (Wildman–Crippen MR) is 72.1 cm³/mol. The van der Waals surface area contributed by atoms with Crippen molar-refractivity contribution in [3.8, 4) is 0 Å². The molecule has 0 unspecified atom stereocenters. The highest BCUT2D eigenvalue weighted by Gasteiger charge is 2.30. The molecule has 1 saturated carbocycles. The summed E-state index contributed by atoms with van der Waals surface area (Å²) in [6.07, 6.45) is 4.85. The number of aliphatic hydroxyl groups excluding tert-OH is 1. The van der Waals surface area contributed by atoms with E-state index in [0.717, 1.165) is 17.5 Å². The van der Waals surface area contributed by atoms with Crippen LogP contribution in [0.25, 0.3) is 0 Å². The Hall–Kier alpha value is -1.46. The maximum Gasteiger partial charge on any atom is 0.223 e. The Morgan fingerprint density at radius 3 is 3.05 bits per heavy atom. The molecule has 1 aliphatic carbocycles. The Kier molecular flexibility index (Phi) is 4.50. The van der Waals surface area contributed by atoms with Gasteiger partial charge in [0.1, 0.15) is 0 Å². The molecule has 5 nitrogen and oxygen atoms in total. The smallest absolute Gasteiger partial charge is 0.223 e. The van der Waals surface area contributed by atoms with Crippen LogP contribution < -0.4 is 11.1 Å². The first-order valence-corrected chi connectivity index (χ1v) is 6.68. The van der Waals surface area contributed by atoms with E-state index in [1.165, 1.54) is 0 Å². The average Bonchev–Trinajstić information content (AvgIpc) is 2.40. The summed E-state index contributed by atoms with van der Waals surface area (Å²) in [5, 5.41) is 12.6. The van der Waals surface area contributed by atoms with Gasteiger partial charge in [-0.15, -0.1) is 0 Å². The number of hydrogen-bond acceptors (Lipinski definition) is 4. The van der Waals surface area contributed by atoms with Gasteiger partial charge in [0.15, 0.2) is 0 Å². The highest BCUT2D eigenvalue weighted by Crippen LogP contribution is 2.23. The zero-order chi connectivity index (χ0) is 13.8. The molecule has 0 saturated heterocycles. The summed E-state index contributed by atoms with van der Waals surface area (Å²) in [5.41, 5.74) is 7.87. The number of nitrogens with one attached hydrogen (secondary N) is 1. The van der Waals surface area contributed by atoms with Crippen LogP contribution in [0.5, 0.6) is 0 Å². The minimum absolute atomic E-state index is 0.00200. The molecule has 1 aromatic heterocycles. The molecule has 0 spiro atoms. The third kappa shape index (κ3) is 3.52. The molecule has 0 bridgehead atoms. The van der Waals surface area contributed by atoms with Gasteiger partial charge in [0.25, 0.3) is 0 Å². The van der Waals surface area contributed by atoms with Crippen molar-refractivity contribution in [1.29, 1.82) is 0 Å². The van der Waals surface area contributed by atoms with Crippen LogP contribution in [0.15, 0.2) is 18.5 Å². The van der Waals surface area contributed by atoms with Gasteiger partial charge in [0, 0.05) is 30.9 Å². The van der Waals surface area contributed by atoms with Crippen LogP contribution in [0.4, 0.5) is 0 Å². The molecule has 19 heavy (non-hydrogen) atoms. The Balaban J connectivity index is 1.87. The zero-order valence-corrected chi connectivity index (χ0v) is 11.2. The Labute approximate surface area is 113 Å². The summed E-state index contributed by atoms with van der Waals surface area (Å²) in [5.74, 6) is -0.126. The minimum Gasteiger partial charge on any atom is -0.391 e. The molecule has 4 N–H and O–H groups in total. The Morgan fingerprint density at radius 2 is 2.37 bits per heavy atom. The Morgan fingerprint density at radius 1 is 1.58 bits per heavy atom. The van der Waals surface area contributed by atoms with Crippen molar-refractivity contribution >= 4 is 5.91 Å². The van der Waals surface area contributed by atoms with Crippen molar-refractivity contribution in [3.63, 3.8) is 0 Å². The monoisotopic (exact) mass is 263 g/mol. The van der Waals surface area contributed by atoms with Crippen molar-refractivity contribution in [2.24, 2.45) is 11.7 Å². The zero-order valence-electron chi connectivity index (χ0n) is 11.2. The van der Waals surface area contributed by atoms with Crippen LogP contribution in [0.2, 0.25) is 0 Å². The SMILES string of the molecule is Cc1cnccc1CNC(=O)[C@H]1CC[C@@H](N)[C@H](O)C1. The lowest BCUT2D eigenvalue weighted by Gasteiger charge is -2.30. The van der Waals surface area contributed by atoms with Crippen LogP contribution in [-0.4, -0.2) is 28.1 Å². The standard InChI is InChI=1S/C14H21N3O2/c1-9-7-16-5-4-11(9)8-17-14(19)10-2-3-12(15)13(18)6-10/h4-5,7,10,12-13,18H,2-3,6,8,15H2,1H3,(H,17,19)/t10-,12+,13+/m0/s1. The van der Waals surface area contributed by atoms with Crippen LogP contribution in [0.3, 0.4) is 0 Å². The molecule has 1 fully saturated rings. The van der Waals surface area contributed by atoms with Gasteiger partial charge in [-0.25, -0.2) is 0 Å². The van der Waals surface area contributed by atoms with E-state index in [2.05, 4.69) is 10.3 Å². The number of nitrogens with two attached hydrogens (primary N) is 1. The number of rotatable bonds is 3. The topological polar surface area (TPSA) is 88.2 Å². The van der Waals surface area contributed by atoms with Crippen LogP contribution >= 0.6 is 0 Å². The van der Waals surface area contributed by atoms with Gasteiger partial charge in [-0.05, 0) is 43.4 Å². The first kappa shape index (κ1) is 14.0. The number of amides is 1. The van der Waals surface area contributed by atoms with Crippen molar-refractivity contribution in [2.45, 2.75) is 44.9 Å². The molecule has 1 aliphatic rings. The van der Waals surface area contributed by atoms with Crippen LogP contribution in [0.1, 0.15) is 30.4 Å². The molecule has 1 amide bonds. The molecular formula is C14H21N3O2.